The second-order valence-corrected chi connectivity index (χ2v) is 5.02. The fourth-order valence-electron chi connectivity index (χ4n) is 1.40. The van der Waals surface area contributed by atoms with Crippen molar-refractivity contribution in [3.63, 3.8) is 0 Å². The third-order valence-electron chi connectivity index (χ3n) is 2.22. The minimum absolute atomic E-state index is 0.0766. The molecule has 1 atom stereocenters. The number of aliphatic hydroxyl groups is 1. The molecule has 5 nitrogen and oxygen atoms in total. The van der Waals surface area contributed by atoms with Crippen molar-refractivity contribution in [2.75, 3.05) is 13.2 Å². The van der Waals surface area contributed by atoms with Crippen LogP contribution in [0.15, 0.2) is 24.4 Å². The monoisotopic (exact) mass is 252 g/mol. The smallest absolute Gasteiger partial charge is 0.407 e. The molecule has 1 unspecified atom stereocenters. The Morgan fingerprint density at radius 2 is 2.22 bits per heavy atom. The SMILES string of the molecule is CC(C)(C)OC(=O)NCC(CO)c1ccccn1. The first-order chi connectivity index (χ1) is 8.42. The molecule has 1 amide bonds. The second-order valence-electron chi connectivity index (χ2n) is 5.02. The van der Waals surface area contributed by atoms with Crippen molar-refractivity contribution in [2.24, 2.45) is 0 Å². The maximum absolute atomic E-state index is 11.5. The molecule has 100 valence electrons. The zero-order valence-corrected chi connectivity index (χ0v) is 11.0. The first-order valence-corrected chi connectivity index (χ1v) is 5.91. The van der Waals surface area contributed by atoms with Crippen molar-refractivity contribution in [1.29, 1.82) is 0 Å². The van der Waals surface area contributed by atoms with Gasteiger partial charge in [0.1, 0.15) is 5.60 Å². The molecule has 2 N–H and O–H groups in total. The number of ether oxygens (including phenoxy) is 1. The van der Waals surface area contributed by atoms with Gasteiger partial charge in [0.15, 0.2) is 0 Å². The van der Waals surface area contributed by atoms with Gasteiger partial charge in [-0.1, -0.05) is 6.07 Å². The molecule has 5 heteroatoms. The number of aliphatic hydroxyl groups excluding tert-OH is 1. The van der Waals surface area contributed by atoms with E-state index in [1.807, 2.05) is 12.1 Å². The van der Waals surface area contributed by atoms with Crippen LogP contribution in [0.3, 0.4) is 0 Å². The summed E-state index contributed by atoms with van der Waals surface area (Å²) >= 11 is 0. The fraction of sp³-hybridized carbons (Fsp3) is 0.538. The third-order valence-corrected chi connectivity index (χ3v) is 2.22. The van der Waals surface area contributed by atoms with Gasteiger partial charge in [0, 0.05) is 24.4 Å². The van der Waals surface area contributed by atoms with Crippen molar-refractivity contribution < 1.29 is 14.6 Å². The van der Waals surface area contributed by atoms with Gasteiger partial charge in [0.05, 0.1) is 6.61 Å². The highest BCUT2D eigenvalue weighted by Crippen LogP contribution is 2.11. The van der Waals surface area contributed by atoms with Crippen LogP contribution in [0.5, 0.6) is 0 Å². The van der Waals surface area contributed by atoms with E-state index in [0.29, 0.717) is 6.54 Å². The summed E-state index contributed by atoms with van der Waals surface area (Å²) in [5.41, 5.74) is 0.222. The van der Waals surface area contributed by atoms with Gasteiger partial charge in [-0.2, -0.15) is 0 Å². The maximum atomic E-state index is 11.5. The zero-order chi connectivity index (χ0) is 13.6. The fourth-order valence-corrected chi connectivity index (χ4v) is 1.40. The number of rotatable bonds is 4. The van der Waals surface area contributed by atoms with Crippen molar-refractivity contribution >= 4 is 6.09 Å². The van der Waals surface area contributed by atoms with Gasteiger partial charge in [0.2, 0.25) is 0 Å². The minimum Gasteiger partial charge on any atom is -0.444 e. The Kier molecular flexibility index (Phi) is 5.09. The molecule has 0 aromatic carbocycles. The Morgan fingerprint density at radius 3 is 2.72 bits per heavy atom. The van der Waals surface area contributed by atoms with Gasteiger partial charge < -0.3 is 15.2 Å². The van der Waals surface area contributed by atoms with Crippen LogP contribution in [-0.4, -0.2) is 34.9 Å². The van der Waals surface area contributed by atoms with E-state index in [-0.39, 0.29) is 12.5 Å². The molecular weight excluding hydrogens is 232 g/mol. The lowest BCUT2D eigenvalue weighted by Crippen LogP contribution is -2.35. The predicted molar refractivity (Wildman–Crippen MR) is 68.3 cm³/mol. The summed E-state index contributed by atoms with van der Waals surface area (Å²) in [4.78, 5) is 15.6. The molecule has 1 rings (SSSR count). The lowest BCUT2D eigenvalue weighted by Gasteiger charge is -2.21. The Balaban J connectivity index is 2.48. The lowest BCUT2D eigenvalue weighted by molar-refractivity contribution is 0.0520. The quantitative estimate of drug-likeness (QED) is 0.855. The molecule has 0 saturated heterocycles. The molecule has 0 spiro atoms. The highest BCUT2D eigenvalue weighted by molar-refractivity contribution is 5.67. The van der Waals surface area contributed by atoms with Crippen molar-refractivity contribution in [3.05, 3.63) is 30.1 Å². The standard InChI is InChI=1S/C13H20N2O3/c1-13(2,3)18-12(17)15-8-10(9-16)11-6-4-5-7-14-11/h4-7,10,16H,8-9H2,1-3H3,(H,15,17). The number of amides is 1. The Labute approximate surface area is 107 Å². The minimum atomic E-state index is -0.524. The van der Waals surface area contributed by atoms with Crippen LogP contribution in [0.1, 0.15) is 32.4 Å². The van der Waals surface area contributed by atoms with Gasteiger partial charge in [-0.15, -0.1) is 0 Å². The summed E-state index contributed by atoms with van der Waals surface area (Å²) in [7, 11) is 0. The highest BCUT2D eigenvalue weighted by atomic mass is 16.6. The van der Waals surface area contributed by atoms with E-state index in [1.165, 1.54) is 0 Å². The van der Waals surface area contributed by atoms with E-state index in [9.17, 15) is 9.90 Å². The van der Waals surface area contributed by atoms with Gasteiger partial charge in [-0.25, -0.2) is 4.79 Å². The molecule has 0 aliphatic rings. The molecule has 0 radical (unpaired) electrons. The van der Waals surface area contributed by atoms with E-state index >= 15 is 0 Å². The number of hydrogen-bond acceptors (Lipinski definition) is 4. The topological polar surface area (TPSA) is 71.5 Å². The summed E-state index contributed by atoms with van der Waals surface area (Å²) in [5.74, 6) is -0.223. The molecule has 1 aromatic rings. The van der Waals surface area contributed by atoms with Gasteiger partial charge in [0.25, 0.3) is 0 Å². The average Bonchev–Trinajstić information content (AvgIpc) is 2.29. The van der Waals surface area contributed by atoms with E-state index in [0.717, 1.165) is 5.69 Å². The van der Waals surface area contributed by atoms with Gasteiger partial charge >= 0.3 is 6.09 Å². The van der Waals surface area contributed by atoms with Crippen LogP contribution >= 0.6 is 0 Å². The van der Waals surface area contributed by atoms with Crippen LogP contribution in [0.4, 0.5) is 4.79 Å². The summed E-state index contributed by atoms with van der Waals surface area (Å²) in [5, 5.41) is 11.9. The molecule has 0 aliphatic carbocycles. The number of carbonyl (C=O) groups is 1. The van der Waals surface area contributed by atoms with E-state index < -0.39 is 11.7 Å². The van der Waals surface area contributed by atoms with Crippen LogP contribution < -0.4 is 5.32 Å². The number of nitrogens with zero attached hydrogens (tertiary/aromatic N) is 1. The van der Waals surface area contributed by atoms with Crippen molar-refractivity contribution in [3.8, 4) is 0 Å². The number of hydrogen-bond donors (Lipinski definition) is 2. The van der Waals surface area contributed by atoms with Crippen molar-refractivity contribution in [1.82, 2.24) is 10.3 Å². The molecular formula is C13H20N2O3. The predicted octanol–water partition coefficient (Wildman–Crippen LogP) is 1.68. The molecule has 0 fully saturated rings. The van der Waals surface area contributed by atoms with Crippen LogP contribution in [-0.2, 0) is 4.74 Å². The Bertz CT molecular complexity index is 374. The number of pyridine rings is 1. The maximum Gasteiger partial charge on any atom is 0.407 e. The van der Waals surface area contributed by atoms with E-state index in [1.54, 1.807) is 33.0 Å². The summed E-state index contributed by atoms with van der Waals surface area (Å²) < 4.78 is 5.12. The second kappa shape index (κ2) is 6.35. The van der Waals surface area contributed by atoms with Gasteiger partial charge in [-0.3, -0.25) is 4.98 Å². The molecule has 0 bridgehead atoms. The molecule has 0 saturated carbocycles. The largest absolute Gasteiger partial charge is 0.444 e. The lowest BCUT2D eigenvalue weighted by atomic mass is 10.1. The first-order valence-electron chi connectivity index (χ1n) is 5.91. The number of aromatic nitrogens is 1. The average molecular weight is 252 g/mol. The zero-order valence-electron chi connectivity index (χ0n) is 11.0. The molecule has 1 aromatic heterocycles. The van der Waals surface area contributed by atoms with Crippen molar-refractivity contribution in [2.45, 2.75) is 32.3 Å². The summed E-state index contributed by atoms with van der Waals surface area (Å²) in [6.07, 6.45) is 1.17. The number of alkyl carbamates (subject to hydrolysis) is 1. The van der Waals surface area contributed by atoms with Crippen LogP contribution in [0, 0.1) is 0 Å². The Hall–Kier alpha value is -1.62. The molecule has 1 heterocycles. The highest BCUT2D eigenvalue weighted by Gasteiger charge is 2.18. The van der Waals surface area contributed by atoms with Gasteiger partial charge in [-0.05, 0) is 32.9 Å². The van der Waals surface area contributed by atoms with E-state index in [4.69, 9.17) is 4.74 Å². The normalized spacial score (nSPS) is 12.9. The Morgan fingerprint density at radius 1 is 1.50 bits per heavy atom. The first kappa shape index (κ1) is 14.4. The van der Waals surface area contributed by atoms with E-state index in [2.05, 4.69) is 10.3 Å². The van der Waals surface area contributed by atoms with Crippen LogP contribution in [0.25, 0.3) is 0 Å². The third kappa shape index (κ3) is 5.14. The summed E-state index contributed by atoms with van der Waals surface area (Å²) in [6, 6.07) is 5.47. The molecule has 0 aliphatic heterocycles. The molecule has 18 heavy (non-hydrogen) atoms. The van der Waals surface area contributed by atoms with Crippen LogP contribution in [0.2, 0.25) is 0 Å². The summed E-state index contributed by atoms with van der Waals surface area (Å²) in [6.45, 7) is 5.62. The number of nitrogens with one attached hydrogen (secondary N) is 1. The number of carbonyl (C=O) groups excluding carboxylic acids is 1.